The average molecular weight is 320 g/mol. The van der Waals surface area contributed by atoms with Gasteiger partial charge in [0.15, 0.2) is 0 Å². The van der Waals surface area contributed by atoms with Crippen LogP contribution in [0.4, 0.5) is 0 Å². The predicted octanol–water partition coefficient (Wildman–Crippen LogP) is 7.12. The Morgan fingerprint density at radius 1 is 0.957 bits per heavy atom. The molecule has 0 saturated heterocycles. The highest BCUT2D eigenvalue weighted by atomic mass is 16.3. The summed E-state index contributed by atoms with van der Waals surface area (Å²) in [6.45, 7) is 20.8. The first-order valence-electron chi connectivity index (χ1n) is 9.09. The second kappa shape index (κ2) is 10.0. The van der Waals surface area contributed by atoms with Crippen molar-refractivity contribution in [3.63, 3.8) is 0 Å². The summed E-state index contributed by atoms with van der Waals surface area (Å²) < 4.78 is 0. The summed E-state index contributed by atoms with van der Waals surface area (Å²) in [6.07, 6.45) is 5.09. The zero-order valence-corrected chi connectivity index (χ0v) is 16.5. The molecule has 1 N–H and O–H groups in total. The molecule has 1 radical (unpaired) electrons. The third kappa shape index (κ3) is 10.4. The molecule has 1 aromatic rings. The molecule has 133 valence electrons. The Kier molecular flexibility index (Phi) is 9.58. The quantitative estimate of drug-likeness (QED) is 0.592. The lowest BCUT2D eigenvalue weighted by Crippen LogP contribution is -2.30. The van der Waals surface area contributed by atoms with Crippen LogP contribution in [0.3, 0.4) is 0 Å². The molecule has 0 saturated carbocycles. The lowest BCUT2D eigenvalue weighted by Gasteiger charge is -2.40. The van der Waals surface area contributed by atoms with Crippen LogP contribution in [-0.4, -0.2) is 5.11 Å². The van der Waals surface area contributed by atoms with Crippen molar-refractivity contribution < 1.29 is 5.11 Å². The number of hydrogen-bond acceptors (Lipinski definition) is 1. The average Bonchev–Trinajstić information content (AvgIpc) is 2.43. The first kappa shape index (κ1) is 22.0. The van der Waals surface area contributed by atoms with Gasteiger partial charge in [0.05, 0.1) is 0 Å². The van der Waals surface area contributed by atoms with Crippen LogP contribution < -0.4 is 0 Å². The minimum atomic E-state index is 0.322. The molecule has 1 heteroatoms. The van der Waals surface area contributed by atoms with Gasteiger partial charge in [-0.15, -0.1) is 0 Å². The van der Waals surface area contributed by atoms with Crippen molar-refractivity contribution in [3.05, 3.63) is 37.3 Å². The maximum atomic E-state index is 8.63. The minimum Gasteiger partial charge on any atom is -0.508 e. The van der Waals surface area contributed by atoms with E-state index in [-0.39, 0.29) is 0 Å². The van der Waals surface area contributed by atoms with Gasteiger partial charge in [-0.25, -0.2) is 0 Å². The summed E-state index contributed by atoms with van der Waals surface area (Å²) in [4.78, 5) is 0. The second-order valence-electron chi connectivity index (χ2n) is 8.68. The Morgan fingerprint density at radius 2 is 1.48 bits per heavy atom. The zero-order valence-electron chi connectivity index (χ0n) is 16.5. The number of hydrogen-bond donors (Lipinski definition) is 1. The van der Waals surface area contributed by atoms with Gasteiger partial charge in [-0.3, -0.25) is 0 Å². The maximum absolute atomic E-state index is 8.63. The molecule has 0 aromatic heterocycles. The number of para-hydroxylation sites is 1. The summed E-state index contributed by atoms with van der Waals surface area (Å²) >= 11 is 0. The van der Waals surface area contributed by atoms with Gasteiger partial charge in [-0.1, -0.05) is 86.4 Å². The fourth-order valence-corrected chi connectivity index (χ4v) is 3.55. The molecule has 0 aliphatic heterocycles. The number of aromatic hydroxyl groups is 1. The summed E-state index contributed by atoms with van der Waals surface area (Å²) in [6, 6.07) is 8.71. The molecule has 23 heavy (non-hydrogen) atoms. The van der Waals surface area contributed by atoms with Gasteiger partial charge in [0, 0.05) is 0 Å². The molecule has 2 unspecified atom stereocenters. The van der Waals surface area contributed by atoms with Crippen LogP contribution >= 0.6 is 0 Å². The number of rotatable bonds is 6. The normalized spacial score (nSPS) is 14.6. The fraction of sp³-hybridized carbons (Fsp3) is 0.682. The molecule has 2 atom stereocenters. The molecule has 0 heterocycles. The van der Waals surface area contributed by atoms with Crippen LogP contribution in [0.15, 0.2) is 30.3 Å². The molecule has 0 amide bonds. The van der Waals surface area contributed by atoms with E-state index in [4.69, 9.17) is 5.11 Å². The van der Waals surface area contributed by atoms with E-state index in [0.29, 0.717) is 22.5 Å². The molecule has 1 nitrogen and oxygen atoms in total. The third-order valence-corrected chi connectivity index (χ3v) is 4.54. The van der Waals surface area contributed by atoms with Crippen molar-refractivity contribution in [1.82, 2.24) is 0 Å². The van der Waals surface area contributed by atoms with Crippen LogP contribution in [0.2, 0.25) is 0 Å². The highest BCUT2D eigenvalue weighted by Crippen LogP contribution is 2.43. The van der Waals surface area contributed by atoms with Crippen LogP contribution in [-0.2, 0) is 0 Å². The van der Waals surface area contributed by atoms with Gasteiger partial charge in [-0.05, 0) is 47.6 Å². The summed E-state index contributed by atoms with van der Waals surface area (Å²) in [7, 11) is 0. The van der Waals surface area contributed by atoms with Crippen LogP contribution in [0.25, 0.3) is 0 Å². The standard InChI is InChI=1S/C16H33.C6H6O/c1-9-13(3)11-14(10-2)16(7,8)12-15(4,5)6;7-6-4-2-1-3-5-6/h13-14H,3,9-12H2,1-2,4-8H3;1-5,7H. The number of benzene rings is 1. The number of phenolic OH excluding ortho intramolecular Hbond substituents is 1. The van der Waals surface area contributed by atoms with E-state index in [9.17, 15) is 0 Å². The first-order valence-corrected chi connectivity index (χ1v) is 9.09. The van der Waals surface area contributed by atoms with Gasteiger partial charge >= 0.3 is 0 Å². The molecular weight excluding hydrogens is 280 g/mol. The zero-order chi connectivity index (χ0) is 18.1. The van der Waals surface area contributed by atoms with Crippen molar-refractivity contribution in [3.8, 4) is 5.75 Å². The van der Waals surface area contributed by atoms with Crippen molar-refractivity contribution in [2.75, 3.05) is 0 Å². The molecule has 0 bridgehead atoms. The Labute approximate surface area is 145 Å². The fourth-order valence-electron chi connectivity index (χ4n) is 3.55. The molecule has 1 rings (SSSR count). The molecule has 0 fully saturated rings. The Bertz CT molecular complexity index is 400. The predicted molar refractivity (Wildman–Crippen MR) is 103 cm³/mol. The smallest absolute Gasteiger partial charge is 0.115 e. The monoisotopic (exact) mass is 319 g/mol. The van der Waals surface area contributed by atoms with Gasteiger partial charge in [0.1, 0.15) is 5.75 Å². The molecule has 1 aromatic carbocycles. The van der Waals surface area contributed by atoms with E-state index in [2.05, 4.69) is 55.4 Å². The Balaban J connectivity index is 0.000000568. The summed E-state index contributed by atoms with van der Waals surface area (Å²) in [5.41, 5.74) is 0.873. The molecule has 0 aliphatic carbocycles. The summed E-state index contributed by atoms with van der Waals surface area (Å²) in [5.74, 6) is 1.76. The largest absolute Gasteiger partial charge is 0.508 e. The van der Waals surface area contributed by atoms with Gasteiger partial charge in [0.2, 0.25) is 0 Å². The number of phenols is 1. The topological polar surface area (TPSA) is 20.2 Å². The summed E-state index contributed by atoms with van der Waals surface area (Å²) in [5, 5.41) is 8.63. The van der Waals surface area contributed by atoms with Crippen molar-refractivity contribution in [2.45, 2.75) is 74.1 Å². The van der Waals surface area contributed by atoms with E-state index < -0.39 is 0 Å². The lowest BCUT2D eigenvalue weighted by atomic mass is 9.66. The van der Waals surface area contributed by atoms with Gasteiger partial charge in [-0.2, -0.15) is 0 Å². The SMILES string of the molecule is Oc1ccccc1.[CH2]C(CC)CC(CC)C(C)(C)CC(C)(C)C. The lowest BCUT2D eigenvalue weighted by molar-refractivity contribution is 0.110. The minimum absolute atomic E-state index is 0.322. The van der Waals surface area contributed by atoms with Crippen molar-refractivity contribution in [1.29, 1.82) is 0 Å². The van der Waals surface area contributed by atoms with Crippen molar-refractivity contribution in [2.24, 2.45) is 22.7 Å². The van der Waals surface area contributed by atoms with E-state index in [0.717, 1.165) is 5.92 Å². The van der Waals surface area contributed by atoms with Gasteiger partial charge < -0.3 is 5.11 Å². The van der Waals surface area contributed by atoms with Gasteiger partial charge in [0.25, 0.3) is 0 Å². The van der Waals surface area contributed by atoms with Crippen LogP contribution in [0, 0.1) is 29.6 Å². The highest BCUT2D eigenvalue weighted by Gasteiger charge is 2.32. The van der Waals surface area contributed by atoms with E-state index in [1.165, 1.54) is 25.7 Å². The highest BCUT2D eigenvalue weighted by molar-refractivity contribution is 5.18. The van der Waals surface area contributed by atoms with E-state index >= 15 is 0 Å². The van der Waals surface area contributed by atoms with Crippen molar-refractivity contribution >= 4 is 0 Å². The second-order valence-corrected chi connectivity index (χ2v) is 8.68. The molecule has 0 spiro atoms. The first-order chi connectivity index (χ1) is 10.5. The molecule has 0 aliphatic rings. The van der Waals surface area contributed by atoms with Crippen LogP contribution in [0.1, 0.15) is 74.1 Å². The van der Waals surface area contributed by atoms with E-state index in [1.54, 1.807) is 24.3 Å². The third-order valence-electron chi connectivity index (χ3n) is 4.54. The van der Waals surface area contributed by atoms with Crippen LogP contribution in [0.5, 0.6) is 5.75 Å². The maximum Gasteiger partial charge on any atom is 0.115 e. The van der Waals surface area contributed by atoms with E-state index in [1.807, 2.05) is 6.07 Å². The Morgan fingerprint density at radius 3 is 1.78 bits per heavy atom. The molecular formula is C22H39O. The Hall–Kier alpha value is -0.980.